The van der Waals surface area contributed by atoms with E-state index in [-0.39, 0.29) is 18.2 Å². The summed E-state index contributed by atoms with van der Waals surface area (Å²) in [6.07, 6.45) is 0.465. The number of aliphatic hydroxyl groups excluding tert-OH is 1. The third-order valence-corrected chi connectivity index (χ3v) is 3.51. The Morgan fingerprint density at radius 2 is 1.84 bits per heavy atom. The number of hydrogen-bond acceptors (Lipinski definition) is 2. The molecular formula is C16H25NO2. The Balaban J connectivity index is 2.40. The highest BCUT2D eigenvalue weighted by molar-refractivity contribution is 5.76. The number of amides is 1. The second-order valence-electron chi connectivity index (χ2n) is 5.49. The molecule has 1 amide bonds. The lowest BCUT2D eigenvalue weighted by Crippen LogP contribution is -2.31. The van der Waals surface area contributed by atoms with E-state index in [0.717, 1.165) is 6.42 Å². The molecule has 1 aromatic carbocycles. The smallest absolute Gasteiger partial charge is 0.222 e. The minimum atomic E-state index is -0.555. The van der Waals surface area contributed by atoms with E-state index in [0.29, 0.717) is 6.54 Å². The Morgan fingerprint density at radius 1 is 1.26 bits per heavy atom. The van der Waals surface area contributed by atoms with Gasteiger partial charge in [-0.25, -0.2) is 0 Å². The van der Waals surface area contributed by atoms with Gasteiger partial charge in [0.25, 0.3) is 0 Å². The molecule has 0 bridgehead atoms. The number of aryl methyl sites for hydroxylation is 2. The van der Waals surface area contributed by atoms with Crippen molar-refractivity contribution in [2.24, 2.45) is 5.92 Å². The fourth-order valence-electron chi connectivity index (χ4n) is 2.07. The van der Waals surface area contributed by atoms with Gasteiger partial charge in [-0.1, -0.05) is 32.0 Å². The summed E-state index contributed by atoms with van der Waals surface area (Å²) in [4.78, 5) is 11.6. The van der Waals surface area contributed by atoms with Crippen LogP contribution in [0.5, 0.6) is 0 Å². The molecule has 0 aliphatic heterocycles. The molecule has 0 heterocycles. The van der Waals surface area contributed by atoms with Crippen LogP contribution in [0.2, 0.25) is 0 Å². The number of nitrogens with one attached hydrogen (secondary N) is 1. The zero-order valence-electron chi connectivity index (χ0n) is 12.4. The highest BCUT2D eigenvalue weighted by atomic mass is 16.3. The van der Waals surface area contributed by atoms with Crippen LogP contribution in [0.15, 0.2) is 18.2 Å². The van der Waals surface area contributed by atoms with Crippen LogP contribution in [0.3, 0.4) is 0 Å². The van der Waals surface area contributed by atoms with Crippen LogP contribution in [0.1, 0.15) is 37.0 Å². The fraction of sp³-hybridized carbons (Fsp3) is 0.562. The van der Waals surface area contributed by atoms with Gasteiger partial charge in [0.1, 0.15) is 0 Å². The first kappa shape index (κ1) is 15.7. The predicted octanol–water partition coefficient (Wildman–Crippen LogP) is 2.37. The molecule has 106 valence electrons. The second-order valence-corrected chi connectivity index (χ2v) is 5.49. The normalized spacial score (nSPS) is 12.5. The van der Waals surface area contributed by atoms with E-state index in [9.17, 15) is 9.90 Å². The number of rotatable bonds is 6. The van der Waals surface area contributed by atoms with Crippen LogP contribution >= 0.6 is 0 Å². The maximum absolute atomic E-state index is 11.6. The molecule has 0 radical (unpaired) electrons. The van der Waals surface area contributed by atoms with Crippen LogP contribution in [-0.2, 0) is 11.2 Å². The molecule has 0 fully saturated rings. The average molecular weight is 263 g/mol. The molecule has 0 aliphatic carbocycles. The summed E-state index contributed by atoms with van der Waals surface area (Å²) >= 11 is 0. The Bertz CT molecular complexity index is 407. The van der Waals surface area contributed by atoms with Crippen molar-refractivity contribution in [2.75, 3.05) is 6.54 Å². The fourth-order valence-corrected chi connectivity index (χ4v) is 2.07. The zero-order chi connectivity index (χ0) is 14.4. The van der Waals surface area contributed by atoms with E-state index in [4.69, 9.17) is 0 Å². The molecule has 1 aromatic rings. The van der Waals surface area contributed by atoms with Crippen LogP contribution in [-0.4, -0.2) is 23.7 Å². The molecule has 3 heteroatoms. The summed E-state index contributed by atoms with van der Waals surface area (Å²) in [5, 5.41) is 12.5. The van der Waals surface area contributed by atoms with Crippen LogP contribution in [0.25, 0.3) is 0 Å². The summed E-state index contributed by atoms with van der Waals surface area (Å²) in [5.41, 5.74) is 3.82. The minimum absolute atomic E-state index is 0.0764. The number of aliphatic hydroxyl groups is 1. The third kappa shape index (κ3) is 5.03. The lowest BCUT2D eigenvalue weighted by molar-refractivity contribution is -0.123. The quantitative estimate of drug-likeness (QED) is 0.828. The van der Waals surface area contributed by atoms with Crippen molar-refractivity contribution in [2.45, 2.75) is 46.6 Å². The van der Waals surface area contributed by atoms with Crippen molar-refractivity contribution < 1.29 is 9.90 Å². The van der Waals surface area contributed by atoms with Gasteiger partial charge in [-0.05, 0) is 42.9 Å². The van der Waals surface area contributed by atoms with Crippen molar-refractivity contribution in [1.82, 2.24) is 5.32 Å². The first-order valence-corrected chi connectivity index (χ1v) is 6.91. The first-order valence-electron chi connectivity index (χ1n) is 6.91. The van der Waals surface area contributed by atoms with Gasteiger partial charge in [-0.3, -0.25) is 4.79 Å². The van der Waals surface area contributed by atoms with Crippen molar-refractivity contribution in [3.8, 4) is 0 Å². The van der Waals surface area contributed by atoms with Crippen molar-refractivity contribution in [3.63, 3.8) is 0 Å². The lowest BCUT2D eigenvalue weighted by atomic mass is 10.00. The summed E-state index contributed by atoms with van der Waals surface area (Å²) < 4.78 is 0. The van der Waals surface area contributed by atoms with Gasteiger partial charge < -0.3 is 10.4 Å². The van der Waals surface area contributed by atoms with Gasteiger partial charge in [0.05, 0.1) is 12.5 Å². The molecule has 1 rings (SSSR count). The third-order valence-electron chi connectivity index (χ3n) is 3.51. The first-order chi connectivity index (χ1) is 8.91. The molecule has 0 aliphatic rings. The van der Waals surface area contributed by atoms with Gasteiger partial charge >= 0.3 is 0 Å². The number of hydrogen-bond donors (Lipinski definition) is 2. The van der Waals surface area contributed by atoms with E-state index in [2.05, 4.69) is 31.3 Å². The van der Waals surface area contributed by atoms with E-state index in [1.54, 1.807) is 0 Å². The van der Waals surface area contributed by atoms with E-state index in [1.807, 2.05) is 19.9 Å². The maximum Gasteiger partial charge on any atom is 0.222 e. The highest BCUT2D eigenvalue weighted by Crippen LogP contribution is 2.13. The summed E-state index contributed by atoms with van der Waals surface area (Å²) in [5.74, 6) is 0.0387. The standard InChI is InChI=1S/C16H25NO2/c1-11(2)15(18)10-16(19)17-9-8-14-12(3)6-5-7-13(14)4/h5-7,11,15,18H,8-10H2,1-4H3,(H,17,19). The van der Waals surface area contributed by atoms with E-state index in [1.165, 1.54) is 16.7 Å². The van der Waals surface area contributed by atoms with Crippen LogP contribution < -0.4 is 5.32 Å². The van der Waals surface area contributed by atoms with Crippen molar-refractivity contribution in [3.05, 3.63) is 34.9 Å². The summed E-state index contributed by atoms with van der Waals surface area (Å²) in [6.45, 7) is 8.62. The van der Waals surface area contributed by atoms with Gasteiger partial charge in [0.2, 0.25) is 5.91 Å². The summed E-state index contributed by atoms with van der Waals surface area (Å²) in [7, 11) is 0. The molecule has 0 saturated carbocycles. The molecule has 0 saturated heterocycles. The molecule has 1 unspecified atom stereocenters. The molecule has 0 aromatic heterocycles. The minimum Gasteiger partial charge on any atom is -0.392 e. The Kier molecular flexibility index (Phi) is 6.03. The maximum atomic E-state index is 11.6. The van der Waals surface area contributed by atoms with E-state index < -0.39 is 6.10 Å². The van der Waals surface area contributed by atoms with Crippen LogP contribution in [0.4, 0.5) is 0 Å². The van der Waals surface area contributed by atoms with Crippen LogP contribution in [0, 0.1) is 19.8 Å². The summed E-state index contributed by atoms with van der Waals surface area (Å²) in [6, 6.07) is 6.23. The predicted molar refractivity (Wildman–Crippen MR) is 78.1 cm³/mol. The highest BCUT2D eigenvalue weighted by Gasteiger charge is 2.13. The molecule has 1 atom stereocenters. The molecular weight excluding hydrogens is 238 g/mol. The SMILES string of the molecule is Cc1cccc(C)c1CCNC(=O)CC(O)C(C)C. The lowest BCUT2D eigenvalue weighted by Gasteiger charge is -2.14. The average Bonchev–Trinajstić information content (AvgIpc) is 2.32. The molecule has 19 heavy (non-hydrogen) atoms. The van der Waals surface area contributed by atoms with Crippen molar-refractivity contribution >= 4 is 5.91 Å². The van der Waals surface area contributed by atoms with Gasteiger partial charge in [0, 0.05) is 6.54 Å². The Labute approximate surface area is 116 Å². The molecule has 3 nitrogen and oxygen atoms in total. The second kappa shape index (κ2) is 7.29. The van der Waals surface area contributed by atoms with Gasteiger partial charge in [-0.15, -0.1) is 0 Å². The van der Waals surface area contributed by atoms with E-state index >= 15 is 0 Å². The van der Waals surface area contributed by atoms with Gasteiger partial charge in [-0.2, -0.15) is 0 Å². The number of carbonyl (C=O) groups excluding carboxylic acids is 1. The topological polar surface area (TPSA) is 49.3 Å². The zero-order valence-corrected chi connectivity index (χ0v) is 12.4. The van der Waals surface area contributed by atoms with Crippen molar-refractivity contribution in [1.29, 1.82) is 0 Å². The molecule has 2 N–H and O–H groups in total. The number of carbonyl (C=O) groups is 1. The largest absolute Gasteiger partial charge is 0.392 e. The van der Waals surface area contributed by atoms with Gasteiger partial charge in [0.15, 0.2) is 0 Å². The Morgan fingerprint density at radius 3 is 2.37 bits per heavy atom. The monoisotopic (exact) mass is 263 g/mol. The number of benzene rings is 1. The molecule has 0 spiro atoms. The Hall–Kier alpha value is -1.35.